The zero-order valence-corrected chi connectivity index (χ0v) is 12.7. The van der Waals surface area contributed by atoms with E-state index < -0.39 is 0 Å². The first-order valence-corrected chi connectivity index (χ1v) is 7.60. The largest absolute Gasteiger partial charge is 0.308 e. The maximum absolute atomic E-state index is 7.40. The van der Waals surface area contributed by atoms with Crippen molar-refractivity contribution in [1.82, 2.24) is 0 Å². The third kappa shape index (κ3) is 2.99. The van der Waals surface area contributed by atoms with Crippen LogP contribution in [0.15, 0.2) is 72.8 Å². The number of rotatable bonds is 4. The van der Waals surface area contributed by atoms with E-state index in [0.717, 1.165) is 17.5 Å². The Kier molecular flexibility index (Phi) is 4.15. The predicted molar refractivity (Wildman–Crippen MR) is 94.6 cm³/mol. The van der Waals surface area contributed by atoms with E-state index in [1.807, 2.05) is 12.1 Å². The van der Waals surface area contributed by atoms with Crippen molar-refractivity contribution < 1.29 is 0 Å². The van der Waals surface area contributed by atoms with Crippen LogP contribution in [-0.2, 0) is 6.42 Å². The molecule has 0 amide bonds. The standard InChI is InChI=1S/C21H19N/c1-2-16-6-3-8-18(12-16)20-10-5-11-21(14-20)19-9-4-7-17(13-19)15-22/h3-15,22H,2H2,1H3. The molecule has 0 aliphatic rings. The number of benzene rings is 3. The average molecular weight is 285 g/mol. The second kappa shape index (κ2) is 6.40. The molecule has 3 rings (SSSR count). The average Bonchev–Trinajstić information content (AvgIpc) is 2.62. The van der Waals surface area contributed by atoms with E-state index in [9.17, 15) is 0 Å². The van der Waals surface area contributed by atoms with Crippen molar-refractivity contribution >= 4 is 6.21 Å². The summed E-state index contributed by atoms with van der Waals surface area (Å²) in [4.78, 5) is 0. The third-order valence-corrected chi connectivity index (χ3v) is 3.92. The van der Waals surface area contributed by atoms with Gasteiger partial charge in [-0.15, -0.1) is 0 Å². The zero-order chi connectivity index (χ0) is 15.4. The zero-order valence-electron chi connectivity index (χ0n) is 12.7. The van der Waals surface area contributed by atoms with E-state index in [0.29, 0.717) is 0 Å². The highest BCUT2D eigenvalue weighted by molar-refractivity contribution is 5.81. The van der Waals surface area contributed by atoms with E-state index in [-0.39, 0.29) is 0 Å². The van der Waals surface area contributed by atoms with Crippen LogP contribution in [0.3, 0.4) is 0 Å². The first kappa shape index (κ1) is 14.3. The summed E-state index contributed by atoms with van der Waals surface area (Å²) in [7, 11) is 0. The van der Waals surface area contributed by atoms with Crippen molar-refractivity contribution in [2.45, 2.75) is 13.3 Å². The van der Waals surface area contributed by atoms with Crippen molar-refractivity contribution in [3.8, 4) is 22.3 Å². The normalized spacial score (nSPS) is 10.4. The lowest BCUT2D eigenvalue weighted by atomic mass is 9.97. The van der Waals surface area contributed by atoms with E-state index >= 15 is 0 Å². The van der Waals surface area contributed by atoms with Gasteiger partial charge in [0.2, 0.25) is 0 Å². The van der Waals surface area contributed by atoms with Crippen molar-refractivity contribution in [2.24, 2.45) is 0 Å². The monoisotopic (exact) mass is 285 g/mol. The fraction of sp³-hybridized carbons (Fsp3) is 0.0952. The van der Waals surface area contributed by atoms with E-state index in [4.69, 9.17) is 5.41 Å². The Labute approximate surface area is 131 Å². The van der Waals surface area contributed by atoms with Crippen LogP contribution in [0.5, 0.6) is 0 Å². The van der Waals surface area contributed by atoms with Crippen LogP contribution >= 0.6 is 0 Å². The Morgan fingerprint density at radius 1 is 0.727 bits per heavy atom. The van der Waals surface area contributed by atoms with Gasteiger partial charge in [-0.3, -0.25) is 0 Å². The number of hydrogen-bond acceptors (Lipinski definition) is 1. The Bertz CT molecular complexity index is 802. The van der Waals surface area contributed by atoms with Gasteiger partial charge >= 0.3 is 0 Å². The molecule has 0 unspecified atom stereocenters. The van der Waals surface area contributed by atoms with Gasteiger partial charge in [-0.25, -0.2) is 0 Å². The van der Waals surface area contributed by atoms with Crippen LogP contribution in [0.2, 0.25) is 0 Å². The highest BCUT2D eigenvalue weighted by Crippen LogP contribution is 2.27. The maximum atomic E-state index is 7.40. The molecule has 108 valence electrons. The molecule has 22 heavy (non-hydrogen) atoms. The number of nitrogens with one attached hydrogen (secondary N) is 1. The van der Waals surface area contributed by atoms with Crippen molar-refractivity contribution in [3.63, 3.8) is 0 Å². The molecule has 3 aromatic carbocycles. The van der Waals surface area contributed by atoms with Crippen LogP contribution in [0.4, 0.5) is 0 Å². The van der Waals surface area contributed by atoms with Crippen LogP contribution in [0.1, 0.15) is 18.1 Å². The fourth-order valence-corrected chi connectivity index (χ4v) is 2.66. The fourth-order valence-electron chi connectivity index (χ4n) is 2.66. The first-order valence-electron chi connectivity index (χ1n) is 7.60. The van der Waals surface area contributed by atoms with Crippen LogP contribution in [-0.4, -0.2) is 6.21 Å². The molecule has 0 radical (unpaired) electrons. The molecule has 0 aliphatic heterocycles. The van der Waals surface area contributed by atoms with Crippen LogP contribution in [0.25, 0.3) is 22.3 Å². The molecule has 0 bridgehead atoms. The van der Waals surface area contributed by atoms with Gasteiger partial charge in [0, 0.05) is 6.21 Å². The molecular weight excluding hydrogens is 266 g/mol. The summed E-state index contributed by atoms with van der Waals surface area (Å²) < 4.78 is 0. The smallest absolute Gasteiger partial charge is 0.0250 e. The van der Waals surface area contributed by atoms with Gasteiger partial charge in [-0.1, -0.05) is 67.6 Å². The van der Waals surface area contributed by atoms with Crippen molar-refractivity contribution in [1.29, 1.82) is 5.41 Å². The van der Waals surface area contributed by atoms with Crippen LogP contribution < -0.4 is 0 Å². The second-order valence-corrected chi connectivity index (χ2v) is 5.40. The minimum Gasteiger partial charge on any atom is -0.308 e. The van der Waals surface area contributed by atoms with Crippen molar-refractivity contribution in [2.75, 3.05) is 0 Å². The molecule has 3 aromatic rings. The Hall–Kier alpha value is -2.67. The predicted octanol–water partition coefficient (Wildman–Crippen LogP) is 5.58. The van der Waals surface area contributed by atoms with E-state index in [2.05, 4.69) is 67.6 Å². The van der Waals surface area contributed by atoms with Crippen molar-refractivity contribution in [3.05, 3.63) is 83.9 Å². The summed E-state index contributed by atoms with van der Waals surface area (Å²) in [6, 6.07) is 25.4. The van der Waals surface area contributed by atoms with Gasteiger partial charge in [0.15, 0.2) is 0 Å². The summed E-state index contributed by atoms with van der Waals surface area (Å²) >= 11 is 0. The molecule has 1 N–H and O–H groups in total. The molecule has 0 aromatic heterocycles. The van der Waals surface area contributed by atoms with Gasteiger partial charge in [0.05, 0.1) is 0 Å². The summed E-state index contributed by atoms with van der Waals surface area (Å²) in [5.41, 5.74) is 7.10. The van der Waals surface area contributed by atoms with Gasteiger partial charge in [-0.05, 0) is 51.9 Å². The summed E-state index contributed by atoms with van der Waals surface area (Å²) in [6.07, 6.45) is 2.44. The van der Waals surface area contributed by atoms with Gasteiger partial charge in [0.1, 0.15) is 0 Å². The number of hydrogen-bond donors (Lipinski definition) is 1. The highest BCUT2D eigenvalue weighted by Gasteiger charge is 2.03. The minimum absolute atomic E-state index is 0.927. The van der Waals surface area contributed by atoms with E-state index in [1.165, 1.54) is 28.5 Å². The molecule has 1 heteroatoms. The van der Waals surface area contributed by atoms with E-state index in [1.54, 1.807) is 0 Å². The topological polar surface area (TPSA) is 23.9 Å². The molecule has 0 spiro atoms. The Morgan fingerprint density at radius 2 is 1.27 bits per heavy atom. The Balaban J connectivity index is 2.03. The lowest BCUT2D eigenvalue weighted by Crippen LogP contribution is -1.85. The molecule has 0 saturated carbocycles. The van der Waals surface area contributed by atoms with Gasteiger partial charge < -0.3 is 5.41 Å². The Morgan fingerprint density at radius 3 is 1.91 bits per heavy atom. The van der Waals surface area contributed by atoms with Gasteiger partial charge in [-0.2, -0.15) is 0 Å². The lowest BCUT2D eigenvalue weighted by molar-refractivity contribution is 1.14. The SMILES string of the molecule is CCc1cccc(-c2cccc(-c3cccc(C=N)c3)c2)c1. The first-order chi connectivity index (χ1) is 10.8. The second-order valence-electron chi connectivity index (χ2n) is 5.40. The molecule has 1 nitrogen and oxygen atoms in total. The molecular formula is C21H19N. The summed E-state index contributed by atoms with van der Waals surface area (Å²) in [6.45, 7) is 2.18. The number of aryl methyl sites for hydroxylation is 1. The molecule has 0 saturated heterocycles. The summed E-state index contributed by atoms with van der Waals surface area (Å²) in [5, 5.41) is 7.40. The molecule has 0 atom stereocenters. The molecule has 0 aliphatic carbocycles. The molecule has 0 heterocycles. The third-order valence-electron chi connectivity index (χ3n) is 3.92. The lowest BCUT2D eigenvalue weighted by Gasteiger charge is -2.08. The van der Waals surface area contributed by atoms with Crippen LogP contribution in [0, 0.1) is 5.41 Å². The quantitative estimate of drug-likeness (QED) is 0.605. The maximum Gasteiger partial charge on any atom is 0.0250 e. The minimum atomic E-state index is 0.927. The molecule has 0 fully saturated rings. The van der Waals surface area contributed by atoms with Gasteiger partial charge in [0.25, 0.3) is 0 Å². The highest BCUT2D eigenvalue weighted by atomic mass is 14.3. The summed E-state index contributed by atoms with van der Waals surface area (Å²) in [5.74, 6) is 0.